The molecule has 0 aromatic carbocycles. The highest BCUT2D eigenvalue weighted by Gasteiger charge is 2.44. The summed E-state index contributed by atoms with van der Waals surface area (Å²) >= 11 is 5.75. The van der Waals surface area contributed by atoms with Gasteiger partial charge in [0.05, 0.1) is 19.5 Å². The zero-order valence-electron chi connectivity index (χ0n) is 13.4. The minimum Gasteiger partial charge on any atom is -0.350 e. The second-order valence-corrected chi connectivity index (χ2v) is 9.37. The van der Waals surface area contributed by atoms with Crippen LogP contribution in [0.5, 0.6) is 0 Å². The van der Waals surface area contributed by atoms with Crippen molar-refractivity contribution >= 4 is 35.4 Å². The lowest BCUT2D eigenvalue weighted by molar-refractivity contribution is -0.0910. The largest absolute Gasteiger partial charge is 0.350 e. The Hall–Kier alpha value is -0.460. The van der Waals surface area contributed by atoms with E-state index >= 15 is 0 Å². The van der Waals surface area contributed by atoms with E-state index in [1.54, 1.807) is 0 Å². The Labute approximate surface area is 146 Å². The number of hydrogen-bond acceptors (Lipinski definition) is 7. The standard InChI is InChI=1S/C10H22ClN4O7PS/c1-14(6-8-21-24(2,18)19)23(17)15(5-4-11)9(3-7-20-23)22-13-10(12)16/h9H,3-8H2,1-2H3,(H3,12,13,16). The first-order chi connectivity index (χ1) is 11.1. The number of carbonyl (C=O) groups excluding carboxylic acids is 1. The van der Waals surface area contributed by atoms with Gasteiger partial charge in [-0.1, -0.05) is 0 Å². The first kappa shape index (κ1) is 21.6. The van der Waals surface area contributed by atoms with Crippen molar-refractivity contribution in [3.63, 3.8) is 0 Å². The van der Waals surface area contributed by atoms with Crippen LogP contribution in [0.1, 0.15) is 6.42 Å². The fraction of sp³-hybridized carbons (Fsp3) is 0.900. The quantitative estimate of drug-likeness (QED) is 0.231. The van der Waals surface area contributed by atoms with Crippen molar-refractivity contribution in [3.8, 4) is 0 Å². The Bertz CT molecular complexity index is 578. The van der Waals surface area contributed by atoms with Crippen LogP contribution >= 0.6 is 19.3 Å². The maximum atomic E-state index is 13.2. The molecular weight excluding hydrogens is 387 g/mol. The van der Waals surface area contributed by atoms with Gasteiger partial charge in [0.25, 0.3) is 10.1 Å². The van der Waals surface area contributed by atoms with E-state index in [0.717, 1.165) is 6.26 Å². The zero-order chi connectivity index (χ0) is 18.4. The number of rotatable bonds is 9. The second kappa shape index (κ2) is 9.30. The smallest absolute Gasteiger partial charge is 0.348 e. The minimum atomic E-state index is -3.60. The van der Waals surface area contributed by atoms with Gasteiger partial charge < -0.3 is 10.3 Å². The lowest BCUT2D eigenvalue weighted by Gasteiger charge is -2.43. The first-order valence-electron chi connectivity index (χ1n) is 6.95. The molecule has 11 nitrogen and oxygen atoms in total. The van der Waals surface area contributed by atoms with E-state index in [4.69, 9.17) is 26.7 Å². The number of carbonyl (C=O) groups is 1. The number of alkyl halides is 1. The van der Waals surface area contributed by atoms with E-state index in [0.29, 0.717) is 6.42 Å². The molecule has 0 spiro atoms. The number of halogens is 1. The minimum absolute atomic E-state index is 0.0269. The van der Waals surface area contributed by atoms with Gasteiger partial charge in [-0.2, -0.15) is 13.1 Å². The highest BCUT2D eigenvalue weighted by molar-refractivity contribution is 7.85. The Morgan fingerprint density at radius 1 is 1.58 bits per heavy atom. The summed E-state index contributed by atoms with van der Waals surface area (Å²) in [4.78, 5) is 15.9. The maximum Gasteiger partial charge on any atom is 0.348 e. The monoisotopic (exact) mass is 408 g/mol. The van der Waals surface area contributed by atoms with Crippen LogP contribution in [0.25, 0.3) is 0 Å². The summed E-state index contributed by atoms with van der Waals surface area (Å²) < 4.78 is 48.0. The van der Waals surface area contributed by atoms with Gasteiger partial charge in [0.15, 0.2) is 0 Å². The Morgan fingerprint density at radius 2 is 2.25 bits per heavy atom. The molecule has 0 radical (unpaired) electrons. The Balaban J connectivity index is 2.81. The Kier molecular flexibility index (Phi) is 8.36. The van der Waals surface area contributed by atoms with Crippen molar-refractivity contribution in [3.05, 3.63) is 0 Å². The van der Waals surface area contributed by atoms with Crippen LogP contribution in [0, 0.1) is 0 Å². The number of likely N-dealkylation sites (N-methyl/N-ethyl adjacent to an activating group) is 1. The van der Waals surface area contributed by atoms with Crippen molar-refractivity contribution in [2.75, 3.05) is 45.5 Å². The van der Waals surface area contributed by atoms with Crippen LogP contribution in [0.4, 0.5) is 4.79 Å². The Morgan fingerprint density at radius 3 is 2.79 bits per heavy atom. The molecule has 1 fully saturated rings. The van der Waals surface area contributed by atoms with E-state index in [1.807, 2.05) is 5.48 Å². The van der Waals surface area contributed by atoms with Gasteiger partial charge in [-0.3, -0.25) is 13.6 Å². The predicted molar refractivity (Wildman–Crippen MR) is 86.6 cm³/mol. The number of primary amides is 1. The summed E-state index contributed by atoms with van der Waals surface area (Å²) in [6.07, 6.45) is 0.495. The van der Waals surface area contributed by atoms with E-state index < -0.39 is 30.0 Å². The molecule has 0 aromatic rings. The van der Waals surface area contributed by atoms with Crippen molar-refractivity contribution in [1.82, 2.24) is 14.8 Å². The molecule has 24 heavy (non-hydrogen) atoms. The van der Waals surface area contributed by atoms with E-state index in [-0.39, 0.29) is 32.2 Å². The van der Waals surface area contributed by atoms with E-state index in [9.17, 15) is 17.8 Å². The molecule has 0 saturated carbocycles. The summed E-state index contributed by atoms with van der Waals surface area (Å²) in [6.45, 7) is 0.0984. The molecule has 0 bridgehead atoms. The number of amides is 2. The molecule has 1 heterocycles. The summed E-state index contributed by atoms with van der Waals surface area (Å²) in [5, 5.41) is 0. The zero-order valence-corrected chi connectivity index (χ0v) is 15.8. The summed E-state index contributed by atoms with van der Waals surface area (Å²) in [6, 6.07) is -0.892. The van der Waals surface area contributed by atoms with E-state index in [2.05, 4.69) is 4.18 Å². The van der Waals surface area contributed by atoms with Gasteiger partial charge in [-0.25, -0.2) is 14.9 Å². The topological polar surface area (TPSA) is 140 Å². The fourth-order valence-corrected chi connectivity index (χ4v) is 4.94. The SMILES string of the molecule is CN(CCOS(C)(=O)=O)P1(=O)OCCC(ONC(N)=O)N1CCCl. The van der Waals surface area contributed by atoms with Gasteiger partial charge in [-0.05, 0) is 7.05 Å². The lowest BCUT2D eigenvalue weighted by Crippen LogP contribution is -2.48. The van der Waals surface area contributed by atoms with Gasteiger partial charge in [0, 0.05) is 25.4 Å². The van der Waals surface area contributed by atoms with Crippen molar-refractivity contribution < 1.29 is 31.3 Å². The normalized spacial score (nSPS) is 25.8. The molecular formula is C10H22ClN4O7PS. The fourth-order valence-electron chi connectivity index (χ4n) is 2.00. The van der Waals surface area contributed by atoms with Crippen LogP contribution in [-0.4, -0.2) is 75.5 Å². The highest BCUT2D eigenvalue weighted by Crippen LogP contribution is 2.57. The van der Waals surface area contributed by atoms with Gasteiger partial charge >= 0.3 is 13.7 Å². The van der Waals surface area contributed by atoms with Gasteiger partial charge in [0.2, 0.25) is 0 Å². The lowest BCUT2D eigenvalue weighted by atomic mass is 10.4. The number of hydroxylamine groups is 1. The second-order valence-electron chi connectivity index (χ2n) is 4.91. The number of nitrogens with zero attached hydrogens (tertiary/aromatic N) is 2. The number of hydrogen-bond donors (Lipinski definition) is 2. The molecule has 1 saturated heterocycles. The van der Waals surface area contributed by atoms with Crippen LogP contribution in [0.2, 0.25) is 0 Å². The summed E-state index contributed by atoms with van der Waals surface area (Å²) in [5.74, 6) is 0.136. The van der Waals surface area contributed by atoms with Crippen LogP contribution in [-0.2, 0) is 28.2 Å². The average molecular weight is 409 g/mol. The van der Waals surface area contributed by atoms with Crippen LogP contribution in [0.15, 0.2) is 0 Å². The average Bonchev–Trinajstić information content (AvgIpc) is 2.46. The molecule has 0 aromatic heterocycles. The first-order valence-corrected chi connectivity index (χ1v) is 10.8. The summed E-state index contributed by atoms with van der Waals surface area (Å²) in [7, 11) is -5.64. The molecule has 2 unspecified atom stereocenters. The number of urea groups is 1. The highest BCUT2D eigenvalue weighted by atomic mass is 35.5. The third kappa shape index (κ3) is 6.45. The van der Waals surface area contributed by atoms with Crippen molar-refractivity contribution in [2.24, 2.45) is 5.73 Å². The third-order valence-electron chi connectivity index (χ3n) is 3.03. The van der Waals surface area contributed by atoms with E-state index in [1.165, 1.54) is 16.4 Å². The number of nitrogens with two attached hydrogens (primary N) is 1. The molecule has 3 N–H and O–H groups in total. The number of nitrogens with one attached hydrogen (secondary N) is 1. The third-order valence-corrected chi connectivity index (χ3v) is 6.49. The maximum absolute atomic E-state index is 13.2. The van der Waals surface area contributed by atoms with Crippen LogP contribution < -0.4 is 11.2 Å². The molecule has 1 rings (SSSR count). The molecule has 142 valence electrons. The van der Waals surface area contributed by atoms with Crippen molar-refractivity contribution in [2.45, 2.75) is 12.6 Å². The molecule has 2 amide bonds. The van der Waals surface area contributed by atoms with Gasteiger partial charge in [-0.15, -0.1) is 11.6 Å². The predicted octanol–water partition coefficient (Wildman–Crippen LogP) is -0.110. The molecule has 1 aliphatic rings. The van der Waals surface area contributed by atoms with Crippen LogP contribution in [0.3, 0.4) is 0 Å². The van der Waals surface area contributed by atoms with Gasteiger partial charge in [0.1, 0.15) is 6.23 Å². The van der Waals surface area contributed by atoms with Crippen molar-refractivity contribution in [1.29, 1.82) is 0 Å². The molecule has 0 aliphatic carbocycles. The summed E-state index contributed by atoms with van der Waals surface area (Å²) in [5.41, 5.74) is 6.96. The molecule has 1 aliphatic heterocycles. The molecule has 2 atom stereocenters. The molecule has 14 heteroatoms.